The van der Waals surface area contributed by atoms with Crippen LogP contribution in [0.3, 0.4) is 0 Å². The van der Waals surface area contributed by atoms with Crippen LogP contribution in [0, 0.1) is 0 Å². The summed E-state index contributed by atoms with van der Waals surface area (Å²) in [6, 6.07) is -0.131. The molecule has 0 bridgehead atoms. The molecule has 1 amide bonds. The van der Waals surface area contributed by atoms with Gasteiger partial charge in [-0.1, -0.05) is 13.3 Å². The van der Waals surface area contributed by atoms with Gasteiger partial charge in [0.05, 0.1) is 23.9 Å². The third-order valence-corrected chi connectivity index (χ3v) is 5.42. The van der Waals surface area contributed by atoms with Crippen molar-refractivity contribution in [3.8, 4) is 0 Å². The molecule has 1 aromatic rings. The molecule has 0 saturated carbocycles. The molecule has 0 radical (unpaired) electrons. The molecule has 2 heterocycles. The molecule has 1 unspecified atom stereocenters. The van der Waals surface area contributed by atoms with Gasteiger partial charge in [-0.3, -0.25) is 4.79 Å². The number of nitrogens with one attached hydrogen (secondary N) is 1. The van der Waals surface area contributed by atoms with E-state index in [0.29, 0.717) is 24.5 Å². The molecule has 1 atom stereocenters. The molecule has 1 fully saturated rings. The number of hydrogen-bond acceptors (Lipinski definition) is 6. The highest BCUT2D eigenvalue weighted by molar-refractivity contribution is 7.91. The van der Waals surface area contributed by atoms with Crippen LogP contribution in [0.5, 0.6) is 0 Å². The number of carbonyl (C=O) groups is 1. The molecule has 0 spiro atoms. The van der Waals surface area contributed by atoms with Crippen molar-refractivity contribution < 1.29 is 13.2 Å². The van der Waals surface area contributed by atoms with E-state index in [4.69, 9.17) is 0 Å². The van der Waals surface area contributed by atoms with Crippen LogP contribution in [0.15, 0.2) is 12.4 Å². The number of sulfone groups is 1. The summed E-state index contributed by atoms with van der Waals surface area (Å²) in [5.74, 6) is 0.664. The SMILES string of the molecule is CCCCN(C)C(=O)c1cnc(NC2CCS(=O)(=O)C2)cn1. The number of hydrogen-bond donors (Lipinski definition) is 1. The smallest absolute Gasteiger partial charge is 0.273 e. The molecule has 7 nitrogen and oxygen atoms in total. The normalized spacial score (nSPS) is 19.8. The predicted octanol–water partition coefficient (Wildman–Crippen LogP) is 0.948. The fourth-order valence-corrected chi connectivity index (χ4v) is 4.00. The fraction of sp³-hybridized carbons (Fsp3) is 0.643. The third kappa shape index (κ3) is 4.40. The molecule has 1 saturated heterocycles. The number of aromatic nitrogens is 2. The number of amides is 1. The zero-order valence-corrected chi connectivity index (χ0v) is 13.8. The molecular weight excluding hydrogens is 304 g/mol. The predicted molar refractivity (Wildman–Crippen MR) is 84.6 cm³/mol. The van der Waals surface area contributed by atoms with E-state index in [1.54, 1.807) is 11.9 Å². The summed E-state index contributed by atoms with van der Waals surface area (Å²) in [6.07, 6.45) is 5.45. The number of nitrogens with zero attached hydrogens (tertiary/aromatic N) is 3. The zero-order chi connectivity index (χ0) is 16.2. The molecule has 1 aliphatic heterocycles. The monoisotopic (exact) mass is 326 g/mol. The summed E-state index contributed by atoms with van der Waals surface area (Å²) in [5, 5.41) is 3.05. The zero-order valence-electron chi connectivity index (χ0n) is 12.9. The van der Waals surface area contributed by atoms with Gasteiger partial charge in [0.25, 0.3) is 5.91 Å². The van der Waals surface area contributed by atoms with Crippen molar-refractivity contribution in [2.45, 2.75) is 32.2 Å². The maximum Gasteiger partial charge on any atom is 0.273 e. The molecule has 1 aliphatic rings. The molecular formula is C14H22N4O3S. The van der Waals surface area contributed by atoms with Gasteiger partial charge in [-0.05, 0) is 12.8 Å². The maximum absolute atomic E-state index is 12.1. The van der Waals surface area contributed by atoms with Crippen LogP contribution in [0.4, 0.5) is 5.82 Å². The molecule has 8 heteroatoms. The second-order valence-corrected chi connectivity index (χ2v) is 7.84. The van der Waals surface area contributed by atoms with Gasteiger partial charge in [0.2, 0.25) is 0 Å². The highest BCUT2D eigenvalue weighted by Gasteiger charge is 2.28. The van der Waals surface area contributed by atoms with E-state index in [2.05, 4.69) is 22.2 Å². The fourth-order valence-electron chi connectivity index (χ4n) is 2.32. The Balaban J connectivity index is 1.94. The van der Waals surface area contributed by atoms with Crippen LogP contribution < -0.4 is 5.32 Å². The minimum Gasteiger partial charge on any atom is -0.365 e. The second kappa shape index (κ2) is 7.04. The summed E-state index contributed by atoms with van der Waals surface area (Å²) in [4.78, 5) is 22.0. The first-order valence-corrected chi connectivity index (χ1v) is 9.28. The van der Waals surface area contributed by atoms with Crippen LogP contribution >= 0.6 is 0 Å². The lowest BCUT2D eigenvalue weighted by Gasteiger charge is -2.16. The van der Waals surface area contributed by atoms with Crippen molar-refractivity contribution in [3.05, 3.63) is 18.1 Å². The minimum absolute atomic E-state index is 0.120. The second-order valence-electron chi connectivity index (χ2n) is 5.61. The van der Waals surface area contributed by atoms with E-state index in [1.165, 1.54) is 12.4 Å². The Morgan fingerprint density at radius 2 is 2.18 bits per heavy atom. The highest BCUT2D eigenvalue weighted by Crippen LogP contribution is 2.15. The lowest BCUT2D eigenvalue weighted by molar-refractivity contribution is 0.0787. The molecule has 122 valence electrons. The van der Waals surface area contributed by atoms with Crippen LogP contribution in [-0.4, -0.2) is 60.3 Å². The largest absolute Gasteiger partial charge is 0.365 e. The van der Waals surface area contributed by atoms with Crippen LogP contribution in [0.2, 0.25) is 0 Å². The van der Waals surface area contributed by atoms with E-state index in [0.717, 1.165) is 12.8 Å². The summed E-state index contributed by atoms with van der Waals surface area (Å²) in [7, 11) is -1.18. The number of anilines is 1. The van der Waals surface area contributed by atoms with Crippen LogP contribution in [-0.2, 0) is 9.84 Å². The Hall–Kier alpha value is -1.70. The van der Waals surface area contributed by atoms with E-state index < -0.39 is 9.84 Å². The van der Waals surface area contributed by atoms with Crippen molar-refractivity contribution in [1.29, 1.82) is 0 Å². The van der Waals surface area contributed by atoms with Crippen molar-refractivity contribution in [1.82, 2.24) is 14.9 Å². The highest BCUT2D eigenvalue weighted by atomic mass is 32.2. The Morgan fingerprint density at radius 1 is 1.41 bits per heavy atom. The van der Waals surface area contributed by atoms with E-state index in [-0.39, 0.29) is 23.5 Å². The van der Waals surface area contributed by atoms with Gasteiger partial charge in [0.1, 0.15) is 11.5 Å². The number of carbonyl (C=O) groups excluding carboxylic acids is 1. The Kier molecular flexibility index (Phi) is 5.33. The summed E-state index contributed by atoms with van der Waals surface area (Å²) in [5.41, 5.74) is 0.295. The quantitative estimate of drug-likeness (QED) is 0.836. The minimum atomic E-state index is -2.93. The molecule has 2 rings (SSSR count). The molecule has 0 aliphatic carbocycles. The summed E-state index contributed by atoms with van der Waals surface area (Å²) in [6.45, 7) is 2.76. The van der Waals surface area contributed by atoms with Gasteiger partial charge < -0.3 is 10.2 Å². The van der Waals surface area contributed by atoms with Crippen molar-refractivity contribution in [2.24, 2.45) is 0 Å². The van der Waals surface area contributed by atoms with Gasteiger partial charge in [0.15, 0.2) is 9.84 Å². The first-order chi connectivity index (χ1) is 10.4. The molecule has 1 aromatic heterocycles. The first-order valence-electron chi connectivity index (χ1n) is 7.46. The van der Waals surface area contributed by atoms with Crippen molar-refractivity contribution in [3.63, 3.8) is 0 Å². The van der Waals surface area contributed by atoms with Gasteiger partial charge in [-0.2, -0.15) is 0 Å². The number of unbranched alkanes of at least 4 members (excludes halogenated alkanes) is 1. The Labute approximate surface area is 131 Å². The Morgan fingerprint density at radius 3 is 2.73 bits per heavy atom. The molecule has 22 heavy (non-hydrogen) atoms. The average Bonchev–Trinajstić information content (AvgIpc) is 2.83. The summed E-state index contributed by atoms with van der Waals surface area (Å²) < 4.78 is 22.8. The lowest BCUT2D eigenvalue weighted by Crippen LogP contribution is -2.28. The van der Waals surface area contributed by atoms with Crippen molar-refractivity contribution >= 4 is 21.6 Å². The average molecular weight is 326 g/mol. The van der Waals surface area contributed by atoms with Gasteiger partial charge in [-0.25, -0.2) is 18.4 Å². The standard InChI is InChI=1S/C14H22N4O3S/c1-3-4-6-18(2)14(19)12-8-16-13(9-15-12)17-11-5-7-22(20,21)10-11/h8-9,11H,3-7,10H2,1-2H3,(H,16,17). The molecule has 1 N–H and O–H groups in total. The topological polar surface area (TPSA) is 92.3 Å². The third-order valence-electron chi connectivity index (χ3n) is 3.65. The lowest BCUT2D eigenvalue weighted by atomic mass is 10.2. The maximum atomic E-state index is 12.1. The van der Waals surface area contributed by atoms with Crippen molar-refractivity contribution in [2.75, 3.05) is 30.4 Å². The van der Waals surface area contributed by atoms with Gasteiger partial charge in [0, 0.05) is 19.6 Å². The van der Waals surface area contributed by atoms with E-state index in [9.17, 15) is 13.2 Å². The summed E-state index contributed by atoms with van der Waals surface area (Å²) >= 11 is 0. The van der Waals surface area contributed by atoms with E-state index >= 15 is 0 Å². The Bertz CT molecular complexity index is 615. The number of rotatable bonds is 6. The molecule has 0 aromatic carbocycles. The first kappa shape index (κ1) is 16.7. The van der Waals surface area contributed by atoms with Crippen LogP contribution in [0.25, 0.3) is 0 Å². The van der Waals surface area contributed by atoms with E-state index in [1.807, 2.05) is 0 Å². The van der Waals surface area contributed by atoms with Gasteiger partial charge >= 0.3 is 0 Å². The van der Waals surface area contributed by atoms with Crippen LogP contribution in [0.1, 0.15) is 36.7 Å². The van der Waals surface area contributed by atoms with Gasteiger partial charge in [-0.15, -0.1) is 0 Å².